The fraction of sp³-hybridized carbons (Fsp3) is 0.231. The smallest absolute Gasteiger partial charge is 0.137 e. The quantitative estimate of drug-likeness (QED) is 0.922. The van der Waals surface area contributed by atoms with Gasteiger partial charge in [-0.25, -0.2) is 4.39 Å². The van der Waals surface area contributed by atoms with Crippen molar-refractivity contribution in [2.45, 2.75) is 19.5 Å². The summed E-state index contributed by atoms with van der Waals surface area (Å²) in [5, 5.41) is 3.27. The minimum absolute atomic E-state index is 0.108. The highest BCUT2D eigenvalue weighted by molar-refractivity contribution is 9.10. The highest BCUT2D eigenvalue weighted by Gasteiger charge is 2.07. The highest BCUT2D eigenvalue weighted by atomic mass is 79.9. The van der Waals surface area contributed by atoms with Gasteiger partial charge in [0.1, 0.15) is 11.6 Å². The van der Waals surface area contributed by atoms with E-state index >= 15 is 0 Å². The summed E-state index contributed by atoms with van der Waals surface area (Å²) in [6, 6.07) is 8.99. The summed E-state index contributed by atoms with van der Waals surface area (Å²) < 4.78 is 19.1. The molecule has 0 unspecified atom stereocenters. The zero-order valence-electron chi connectivity index (χ0n) is 9.41. The Balaban J connectivity index is 1.96. The summed E-state index contributed by atoms with van der Waals surface area (Å²) in [5.74, 6) is 0.637. The lowest BCUT2D eigenvalue weighted by Gasteiger charge is -2.11. The van der Waals surface area contributed by atoms with Gasteiger partial charge in [0, 0.05) is 6.54 Å². The van der Waals surface area contributed by atoms with Crippen molar-refractivity contribution in [1.82, 2.24) is 5.32 Å². The summed E-state index contributed by atoms with van der Waals surface area (Å²) in [6.45, 7) is 2.61. The molecule has 0 aliphatic carbocycles. The first kappa shape index (κ1) is 12.3. The van der Waals surface area contributed by atoms with Crippen molar-refractivity contribution in [3.63, 3.8) is 0 Å². The summed E-state index contributed by atoms with van der Waals surface area (Å²) in [7, 11) is 0. The standard InChI is InChI=1S/C13H13BrFNO/c1-9(13-3-2-6-17-13)16-8-10-4-5-11(14)12(15)7-10/h2-7,9,16H,8H2,1H3/t9-/m0/s1. The van der Waals surface area contributed by atoms with Crippen molar-refractivity contribution in [3.05, 3.63) is 58.2 Å². The van der Waals surface area contributed by atoms with Crippen LogP contribution in [0, 0.1) is 5.82 Å². The third-order valence-electron chi connectivity index (χ3n) is 2.57. The van der Waals surface area contributed by atoms with E-state index in [1.54, 1.807) is 12.3 Å². The van der Waals surface area contributed by atoms with Gasteiger partial charge in [0.25, 0.3) is 0 Å². The van der Waals surface area contributed by atoms with Crippen LogP contribution in [0.25, 0.3) is 0 Å². The van der Waals surface area contributed by atoms with Crippen molar-refractivity contribution in [2.24, 2.45) is 0 Å². The molecule has 2 aromatic rings. The van der Waals surface area contributed by atoms with Gasteiger partial charge in [-0.3, -0.25) is 0 Å². The van der Waals surface area contributed by atoms with Crippen molar-refractivity contribution in [3.8, 4) is 0 Å². The zero-order chi connectivity index (χ0) is 12.3. The number of hydrogen-bond acceptors (Lipinski definition) is 2. The topological polar surface area (TPSA) is 25.2 Å². The summed E-state index contributed by atoms with van der Waals surface area (Å²) >= 11 is 3.13. The second kappa shape index (κ2) is 5.47. The highest BCUT2D eigenvalue weighted by Crippen LogP contribution is 2.17. The largest absolute Gasteiger partial charge is 0.468 e. The fourth-order valence-corrected chi connectivity index (χ4v) is 1.81. The van der Waals surface area contributed by atoms with Crippen LogP contribution in [0.3, 0.4) is 0 Å². The molecule has 0 spiro atoms. The molecule has 0 aliphatic heterocycles. The van der Waals surface area contributed by atoms with Gasteiger partial charge in [-0.1, -0.05) is 6.07 Å². The molecule has 0 saturated heterocycles. The predicted molar refractivity (Wildman–Crippen MR) is 68.1 cm³/mol. The molecule has 0 bridgehead atoms. The molecule has 1 aromatic carbocycles. The molecule has 1 N–H and O–H groups in total. The van der Waals surface area contributed by atoms with Gasteiger partial charge >= 0.3 is 0 Å². The Morgan fingerprint density at radius 2 is 2.24 bits per heavy atom. The van der Waals surface area contributed by atoms with Crippen LogP contribution in [0.15, 0.2) is 45.5 Å². The average Bonchev–Trinajstić information content (AvgIpc) is 2.84. The maximum absolute atomic E-state index is 13.3. The number of benzene rings is 1. The molecule has 0 radical (unpaired) electrons. The van der Waals surface area contributed by atoms with Gasteiger partial charge in [-0.15, -0.1) is 0 Å². The van der Waals surface area contributed by atoms with Crippen LogP contribution >= 0.6 is 15.9 Å². The molecule has 0 fully saturated rings. The second-order valence-corrected chi connectivity index (χ2v) is 4.72. The van der Waals surface area contributed by atoms with E-state index in [1.165, 1.54) is 6.07 Å². The van der Waals surface area contributed by atoms with E-state index in [4.69, 9.17) is 4.42 Å². The molecular weight excluding hydrogens is 285 g/mol. The third-order valence-corrected chi connectivity index (χ3v) is 3.21. The van der Waals surface area contributed by atoms with Gasteiger partial charge in [0.15, 0.2) is 0 Å². The minimum Gasteiger partial charge on any atom is -0.468 e. The lowest BCUT2D eigenvalue weighted by molar-refractivity contribution is 0.430. The number of nitrogens with one attached hydrogen (secondary N) is 1. The Morgan fingerprint density at radius 3 is 2.88 bits per heavy atom. The van der Waals surface area contributed by atoms with Crippen LogP contribution < -0.4 is 5.32 Å². The fourth-order valence-electron chi connectivity index (χ4n) is 1.56. The summed E-state index contributed by atoms with van der Waals surface area (Å²) in [6.07, 6.45) is 1.65. The normalized spacial score (nSPS) is 12.6. The molecule has 90 valence electrons. The molecule has 1 heterocycles. The molecular formula is C13H13BrFNO. The molecule has 1 atom stereocenters. The lowest BCUT2D eigenvalue weighted by Crippen LogP contribution is -2.17. The maximum Gasteiger partial charge on any atom is 0.137 e. The van der Waals surface area contributed by atoms with Gasteiger partial charge < -0.3 is 9.73 Å². The molecule has 0 aliphatic rings. The maximum atomic E-state index is 13.3. The molecule has 17 heavy (non-hydrogen) atoms. The third kappa shape index (κ3) is 3.17. The van der Waals surface area contributed by atoms with E-state index in [0.29, 0.717) is 11.0 Å². The molecule has 0 amide bonds. The van der Waals surface area contributed by atoms with Crippen molar-refractivity contribution in [1.29, 1.82) is 0 Å². The SMILES string of the molecule is C[C@H](NCc1ccc(Br)c(F)c1)c1ccco1. The van der Waals surface area contributed by atoms with E-state index in [1.807, 2.05) is 25.1 Å². The van der Waals surface area contributed by atoms with Crippen LogP contribution in [0.5, 0.6) is 0 Å². The van der Waals surface area contributed by atoms with Crippen molar-refractivity contribution in [2.75, 3.05) is 0 Å². The second-order valence-electron chi connectivity index (χ2n) is 3.87. The van der Waals surface area contributed by atoms with Crippen molar-refractivity contribution < 1.29 is 8.81 Å². The monoisotopic (exact) mass is 297 g/mol. The number of halogens is 2. The minimum atomic E-state index is -0.241. The van der Waals surface area contributed by atoms with Gasteiger partial charge in [-0.05, 0) is 52.7 Å². The predicted octanol–water partition coefficient (Wildman–Crippen LogP) is 4.03. The summed E-state index contributed by atoms with van der Waals surface area (Å²) in [4.78, 5) is 0. The van der Waals surface area contributed by atoms with Gasteiger partial charge in [0.2, 0.25) is 0 Å². The average molecular weight is 298 g/mol. The Labute approximate surface area is 108 Å². The van der Waals surface area contributed by atoms with Crippen LogP contribution in [0.2, 0.25) is 0 Å². The Bertz CT molecular complexity index is 484. The number of furan rings is 1. The van der Waals surface area contributed by atoms with E-state index < -0.39 is 0 Å². The zero-order valence-corrected chi connectivity index (χ0v) is 11.0. The van der Waals surface area contributed by atoms with Crippen molar-refractivity contribution >= 4 is 15.9 Å². The molecule has 0 saturated carbocycles. The molecule has 1 aromatic heterocycles. The summed E-state index contributed by atoms with van der Waals surface area (Å²) in [5.41, 5.74) is 0.907. The Hall–Kier alpha value is -1.13. The van der Waals surface area contributed by atoms with Gasteiger partial charge in [-0.2, -0.15) is 0 Å². The lowest BCUT2D eigenvalue weighted by atomic mass is 10.2. The van der Waals surface area contributed by atoms with E-state index in [0.717, 1.165) is 11.3 Å². The Morgan fingerprint density at radius 1 is 1.41 bits per heavy atom. The van der Waals surface area contributed by atoms with E-state index in [-0.39, 0.29) is 11.9 Å². The molecule has 2 rings (SSSR count). The van der Waals surface area contributed by atoms with Crippen LogP contribution in [0.1, 0.15) is 24.3 Å². The first-order valence-corrected chi connectivity index (χ1v) is 6.17. The number of rotatable bonds is 4. The van der Waals surface area contributed by atoms with Crippen LogP contribution in [-0.4, -0.2) is 0 Å². The molecule has 2 nitrogen and oxygen atoms in total. The van der Waals surface area contributed by atoms with Crippen LogP contribution in [-0.2, 0) is 6.54 Å². The first-order chi connectivity index (χ1) is 8.16. The van der Waals surface area contributed by atoms with Gasteiger partial charge in [0.05, 0.1) is 16.8 Å². The van der Waals surface area contributed by atoms with Crippen LogP contribution in [0.4, 0.5) is 4.39 Å². The number of hydrogen-bond donors (Lipinski definition) is 1. The molecule has 4 heteroatoms. The Kier molecular flexibility index (Phi) is 3.97. The first-order valence-electron chi connectivity index (χ1n) is 5.37. The van der Waals surface area contributed by atoms with E-state index in [9.17, 15) is 4.39 Å². The van der Waals surface area contributed by atoms with E-state index in [2.05, 4.69) is 21.2 Å².